The average molecular weight is 331 g/mol. The molecule has 0 saturated heterocycles. The fourth-order valence-corrected chi connectivity index (χ4v) is 3.43. The van der Waals surface area contributed by atoms with Gasteiger partial charge in [0.05, 0.1) is 6.04 Å². The van der Waals surface area contributed by atoms with E-state index in [0.29, 0.717) is 18.0 Å². The zero-order valence-corrected chi connectivity index (χ0v) is 13.7. The summed E-state index contributed by atoms with van der Waals surface area (Å²) < 4.78 is 0. The van der Waals surface area contributed by atoms with Gasteiger partial charge in [-0.1, -0.05) is 29.8 Å². The van der Waals surface area contributed by atoms with Gasteiger partial charge in [-0.05, 0) is 54.7 Å². The third-order valence-corrected chi connectivity index (χ3v) is 4.63. The molecule has 1 aliphatic rings. The van der Waals surface area contributed by atoms with Crippen LogP contribution in [0.25, 0.3) is 0 Å². The van der Waals surface area contributed by atoms with Crippen LogP contribution < -0.4 is 10.6 Å². The van der Waals surface area contributed by atoms with Crippen molar-refractivity contribution >= 4 is 23.2 Å². The summed E-state index contributed by atoms with van der Waals surface area (Å²) in [5.41, 5.74) is 9.91. The van der Waals surface area contributed by atoms with E-state index in [2.05, 4.69) is 0 Å². The Morgan fingerprint density at radius 2 is 2.13 bits per heavy atom. The van der Waals surface area contributed by atoms with E-state index >= 15 is 0 Å². The molecule has 1 aliphatic heterocycles. The summed E-state index contributed by atoms with van der Waals surface area (Å²) in [7, 11) is 0. The monoisotopic (exact) mass is 330 g/mol. The van der Waals surface area contributed by atoms with E-state index in [1.165, 1.54) is 11.6 Å². The summed E-state index contributed by atoms with van der Waals surface area (Å²) in [6, 6.07) is 10.3. The summed E-state index contributed by atoms with van der Waals surface area (Å²) >= 11 is 6.18. The van der Waals surface area contributed by atoms with E-state index in [9.17, 15) is 9.90 Å². The van der Waals surface area contributed by atoms with Crippen LogP contribution >= 0.6 is 11.6 Å². The number of hydrogen-bond donors (Lipinski definition) is 2. The van der Waals surface area contributed by atoms with Crippen LogP contribution in [0.1, 0.15) is 16.7 Å². The zero-order valence-electron chi connectivity index (χ0n) is 12.9. The number of carbonyl (C=O) groups is 1. The minimum Gasteiger partial charge on any atom is -0.508 e. The predicted molar refractivity (Wildman–Crippen MR) is 92.0 cm³/mol. The second kappa shape index (κ2) is 6.22. The van der Waals surface area contributed by atoms with Crippen molar-refractivity contribution in [3.8, 4) is 5.75 Å². The highest BCUT2D eigenvalue weighted by atomic mass is 35.5. The van der Waals surface area contributed by atoms with Gasteiger partial charge in [0, 0.05) is 17.3 Å². The van der Waals surface area contributed by atoms with Gasteiger partial charge in [-0.25, -0.2) is 0 Å². The van der Waals surface area contributed by atoms with Crippen molar-refractivity contribution in [2.75, 3.05) is 11.4 Å². The van der Waals surface area contributed by atoms with E-state index in [1.54, 1.807) is 11.0 Å². The number of anilines is 1. The lowest BCUT2D eigenvalue weighted by Gasteiger charge is -2.22. The van der Waals surface area contributed by atoms with Crippen LogP contribution in [0.15, 0.2) is 36.4 Å². The van der Waals surface area contributed by atoms with Gasteiger partial charge >= 0.3 is 0 Å². The molecule has 23 heavy (non-hydrogen) atoms. The van der Waals surface area contributed by atoms with Crippen molar-refractivity contribution in [2.24, 2.45) is 5.73 Å². The summed E-state index contributed by atoms with van der Waals surface area (Å²) in [6.07, 6.45) is 1.20. The number of benzene rings is 2. The lowest BCUT2D eigenvalue weighted by atomic mass is 10.00. The summed E-state index contributed by atoms with van der Waals surface area (Å²) in [4.78, 5) is 14.5. The zero-order chi connectivity index (χ0) is 16.6. The van der Waals surface area contributed by atoms with E-state index in [1.807, 2.05) is 31.2 Å². The topological polar surface area (TPSA) is 66.6 Å². The molecule has 2 aromatic rings. The van der Waals surface area contributed by atoms with Crippen LogP contribution in [0, 0.1) is 6.92 Å². The standard InChI is InChI=1S/C18H19ClN2O2/c1-11-8-13(22)9-15(19)14(11)10-16(20)18(23)21-7-6-12-4-2-3-5-17(12)21/h2-5,8-9,16,22H,6-7,10,20H2,1H3/t16-/m0/s1. The molecule has 1 amide bonds. The van der Waals surface area contributed by atoms with Gasteiger partial charge in [0.25, 0.3) is 0 Å². The Kier molecular flexibility index (Phi) is 4.28. The first-order valence-electron chi connectivity index (χ1n) is 7.60. The lowest BCUT2D eigenvalue weighted by molar-refractivity contribution is -0.119. The molecule has 0 saturated carbocycles. The van der Waals surface area contributed by atoms with Crippen LogP contribution in [0.4, 0.5) is 5.69 Å². The number of nitrogens with two attached hydrogens (primary N) is 1. The van der Waals surface area contributed by atoms with E-state index < -0.39 is 6.04 Å². The molecular formula is C18H19ClN2O2. The molecule has 0 bridgehead atoms. The Balaban J connectivity index is 1.80. The Hall–Kier alpha value is -2.04. The molecule has 0 aliphatic carbocycles. The number of fused-ring (bicyclic) bond motifs is 1. The third-order valence-electron chi connectivity index (χ3n) is 4.30. The summed E-state index contributed by atoms with van der Waals surface area (Å²) in [6.45, 7) is 2.51. The maximum atomic E-state index is 12.7. The van der Waals surface area contributed by atoms with Gasteiger partial charge in [-0.2, -0.15) is 0 Å². The van der Waals surface area contributed by atoms with Crippen molar-refractivity contribution < 1.29 is 9.90 Å². The molecule has 120 valence electrons. The molecule has 3 N–H and O–H groups in total. The number of phenols is 1. The van der Waals surface area contributed by atoms with Crippen LogP contribution in [0.2, 0.25) is 5.02 Å². The molecule has 1 atom stereocenters. The van der Waals surface area contributed by atoms with Crippen molar-refractivity contribution in [3.63, 3.8) is 0 Å². The average Bonchev–Trinajstić information content (AvgIpc) is 2.93. The lowest BCUT2D eigenvalue weighted by Crippen LogP contribution is -2.44. The SMILES string of the molecule is Cc1cc(O)cc(Cl)c1C[C@H](N)C(=O)N1CCc2ccccc21. The summed E-state index contributed by atoms with van der Waals surface area (Å²) in [5, 5.41) is 9.99. The van der Waals surface area contributed by atoms with Gasteiger partial charge in [-0.15, -0.1) is 0 Å². The van der Waals surface area contributed by atoms with Crippen molar-refractivity contribution in [1.29, 1.82) is 0 Å². The molecule has 0 radical (unpaired) electrons. The first-order chi connectivity index (χ1) is 11.0. The molecule has 5 heteroatoms. The Morgan fingerprint density at radius 1 is 1.39 bits per heavy atom. The largest absolute Gasteiger partial charge is 0.508 e. The number of aromatic hydroxyl groups is 1. The van der Waals surface area contributed by atoms with Gasteiger partial charge in [0.1, 0.15) is 5.75 Å². The number of nitrogens with zero attached hydrogens (tertiary/aromatic N) is 1. The smallest absolute Gasteiger partial charge is 0.244 e. The number of carbonyl (C=O) groups excluding carboxylic acids is 1. The van der Waals surface area contributed by atoms with Crippen molar-refractivity contribution in [2.45, 2.75) is 25.8 Å². The van der Waals surface area contributed by atoms with Gasteiger partial charge in [-0.3, -0.25) is 4.79 Å². The fourth-order valence-electron chi connectivity index (χ4n) is 3.09. The normalized spacial score (nSPS) is 14.7. The number of phenolic OH excluding ortho intramolecular Hbond substituents is 1. The first kappa shape index (κ1) is 15.8. The molecular weight excluding hydrogens is 312 g/mol. The number of halogens is 1. The minimum atomic E-state index is -0.665. The third kappa shape index (κ3) is 3.05. The number of para-hydroxylation sites is 1. The van der Waals surface area contributed by atoms with Gasteiger partial charge in [0.15, 0.2) is 0 Å². The van der Waals surface area contributed by atoms with Crippen LogP contribution in [-0.4, -0.2) is 23.6 Å². The fraction of sp³-hybridized carbons (Fsp3) is 0.278. The second-order valence-electron chi connectivity index (χ2n) is 5.90. The number of rotatable bonds is 3. The molecule has 0 fully saturated rings. The van der Waals surface area contributed by atoms with E-state index in [4.69, 9.17) is 17.3 Å². The van der Waals surface area contributed by atoms with Crippen LogP contribution in [-0.2, 0) is 17.6 Å². The minimum absolute atomic E-state index is 0.0986. The second-order valence-corrected chi connectivity index (χ2v) is 6.31. The first-order valence-corrected chi connectivity index (χ1v) is 7.98. The maximum Gasteiger partial charge on any atom is 0.244 e. The van der Waals surface area contributed by atoms with E-state index in [0.717, 1.165) is 23.2 Å². The Morgan fingerprint density at radius 3 is 2.87 bits per heavy atom. The molecule has 0 unspecified atom stereocenters. The summed E-state index contributed by atoms with van der Waals surface area (Å²) in [5.74, 6) is 0.0168. The van der Waals surface area contributed by atoms with Crippen LogP contribution in [0.5, 0.6) is 5.75 Å². The van der Waals surface area contributed by atoms with Gasteiger partial charge < -0.3 is 15.7 Å². The molecule has 4 nitrogen and oxygen atoms in total. The molecule has 0 spiro atoms. The molecule has 0 aromatic heterocycles. The number of hydrogen-bond acceptors (Lipinski definition) is 3. The molecule has 1 heterocycles. The van der Waals surface area contributed by atoms with E-state index in [-0.39, 0.29) is 11.7 Å². The number of amides is 1. The maximum absolute atomic E-state index is 12.7. The van der Waals surface area contributed by atoms with Crippen molar-refractivity contribution in [3.05, 3.63) is 58.1 Å². The predicted octanol–water partition coefficient (Wildman–Crippen LogP) is 2.81. The quantitative estimate of drug-likeness (QED) is 0.909. The highest BCUT2D eigenvalue weighted by Gasteiger charge is 2.28. The van der Waals surface area contributed by atoms with Crippen LogP contribution in [0.3, 0.4) is 0 Å². The number of aryl methyl sites for hydroxylation is 1. The highest BCUT2D eigenvalue weighted by molar-refractivity contribution is 6.31. The highest BCUT2D eigenvalue weighted by Crippen LogP contribution is 2.30. The Bertz CT molecular complexity index is 737. The van der Waals surface area contributed by atoms with Crippen molar-refractivity contribution in [1.82, 2.24) is 0 Å². The Labute approximate surface area is 140 Å². The molecule has 3 rings (SSSR count). The molecule has 2 aromatic carbocycles. The van der Waals surface area contributed by atoms with Gasteiger partial charge in [0.2, 0.25) is 5.91 Å².